The van der Waals surface area contributed by atoms with E-state index in [-0.39, 0.29) is 13.0 Å². The molecule has 0 aromatic heterocycles. The van der Waals surface area contributed by atoms with E-state index in [1.165, 1.54) is 0 Å². The van der Waals surface area contributed by atoms with Gasteiger partial charge in [-0.15, -0.1) is 0 Å². The van der Waals surface area contributed by atoms with E-state index in [2.05, 4.69) is 11.9 Å². The Bertz CT molecular complexity index is 999. The second kappa shape index (κ2) is 11.0. The van der Waals surface area contributed by atoms with E-state index in [0.717, 1.165) is 46.5 Å². The molecule has 1 aliphatic rings. The zero-order valence-electron chi connectivity index (χ0n) is 18.4. The molecule has 1 heterocycles. The standard InChI is InChI=1S/C25H31N3O4/c1-2-10-28(11-3-12-29)25(32)21-14-20-9-8-19(15-22(20)27-23(26)16-21)18-6-4-17(5-7-18)13-24(30)31/h4-9,14-15,25,29,32H,2-3,10-13,16H2,1H3,(H2,26,27)(H,30,31). The second-order valence-corrected chi connectivity index (χ2v) is 8.03. The monoisotopic (exact) mass is 437 g/mol. The van der Waals surface area contributed by atoms with Gasteiger partial charge >= 0.3 is 5.97 Å². The number of carboxylic acid groups (broad SMARTS) is 1. The van der Waals surface area contributed by atoms with Crippen LogP contribution in [0.4, 0.5) is 5.69 Å². The first-order valence-corrected chi connectivity index (χ1v) is 10.9. The van der Waals surface area contributed by atoms with Crippen LogP contribution in [0.2, 0.25) is 0 Å². The van der Waals surface area contributed by atoms with Gasteiger partial charge in [-0.25, -0.2) is 4.99 Å². The van der Waals surface area contributed by atoms with Gasteiger partial charge in [-0.05, 0) is 47.2 Å². The summed E-state index contributed by atoms with van der Waals surface area (Å²) in [4.78, 5) is 17.4. The molecule has 2 aromatic carbocycles. The van der Waals surface area contributed by atoms with E-state index < -0.39 is 12.2 Å². The highest BCUT2D eigenvalue weighted by atomic mass is 16.4. The Balaban J connectivity index is 1.88. The van der Waals surface area contributed by atoms with Crippen molar-refractivity contribution in [3.05, 3.63) is 59.2 Å². The lowest BCUT2D eigenvalue weighted by atomic mass is 9.99. The van der Waals surface area contributed by atoms with Crippen LogP contribution in [-0.4, -0.2) is 57.9 Å². The van der Waals surface area contributed by atoms with Gasteiger partial charge < -0.3 is 21.1 Å². The third-order valence-electron chi connectivity index (χ3n) is 5.46. The fraction of sp³-hybridized carbons (Fsp3) is 0.360. The van der Waals surface area contributed by atoms with Gasteiger partial charge in [0.05, 0.1) is 12.1 Å². The first-order valence-electron chi connectivity index (χ1n) is 10.9. The molecule has 0 saturated heterocycles. The van der Waals surface area contributed by atoms with Crippen molar-refractivity contribution in [3.63, 3.8) is 0 Å². The summed E-state index contributed by atoms with van der Waals surface area (Å²) >= 11 is 0. The molecule has 5 N–H and O–H groups in total. The van der Waals surface area contributed by atoms with Crippen LogP contribution in [0, 0.1) is 0 Å². The average molecular weight is 438 g/mol. The van der Waals surface area contributed by atoms with Crippen molar-refractivity contribution in [2.45, 2.75) is 38.8 Å². The topological polar surface area (TPSA) is 119 Å². The minimum Gasteiger partial charge on any atom is -0.481 e. The molecule has 7 heteroatoms. The number of aliphatic carboxylic acids is 1. The van der Waals surface area contributed by atoms with Crippen LogP contribution in [-0.2, 0) is 11.2 Å². The van der Waals surface area contributed by atoms with Gasteiger partial charge in [0.2, 0.25) is 0 Å². The van der Waals surface area contributed by atoms with Gasteiger partial charge in [0.25, 0.3) is 0 Å². The van der Waals surface area contributed by atoms with Crippen LogP contribution in [0.25, 0.3) is 17.2 Å². The summed E-state index contributed by atoms with van der Waals surface area (Å²) in [6, 6.07) is 13.3. The fourth-order valence-corrected chi connectivity index (χ4v) is 3.90. The number of aliphatic imine (C=N–C) groups is 1. The van der Waals surface area contributed by atoms with Gasteiger partial charge in [-0.2, -0.15) is 0 Å². The van der Waals surface area contributed by atoms with Crippen LogP contribution in [0.5, 0.6) is 0 Å². The van der Waals surface area contributed by atoms with Crippen molar-refractivity contribution in [2.24, 2.45) is 10.7 Å². The normalized spacial score (nSPS) is 14.4. The van der Waals surface area contributed by atoms with Crippen LogP contribution in [0.1, 0.15) is 37.3 Å². The number of hydrogen-bond acceptors (Lipinski definition) is 6. The average Bonchev–Trinajstić information content (AvgIpc) is 2.93. The molecule has 0 aliphatic carbocycles. The zero-order chi connectivity index (χ0) is 23.1. The third-order valence-corrected chi connectivity index (χ3v) is 5.46. The fourth-order valence-electron chi connectivity index (χ4n) is 3.90. The molecular weight excluding hydrogens is 406 g/mol. The molecular formula is C25H31N3O4. The summed E-state index contributed by atoms with van der Waals surface area (Å²) < 4.78 is 0. The maximum Gasteiger partial charge on any atom is 0.307 e. The van der Waals surface area contributed by atoms with Gasteiger partial charge in [-0.1, -0.05) is 43.3 Å². The molecule has 2 aromatic rings. The van der Waals surface area contributed by atoms with Crippen molar-refractivity contribution in [2.75, 3.05) is 19.7 Å². The minimum absolute atomic E-state index is 0.00541. The Hall–Kier alpha value is -3.00. The molecule has 1 atom stereocenters. The summed E-state index contributed by atoms with van der Waals surface area (Å²) in [5, 5.41) is 29.1. The minimum atomic E-state index is -0.855. The second-order valence-electron chi connectivity index (χ2n) is 8.03. The highest BCUT2D eigenvalue weighted by Crippen LogP contribution is 2.33. The van der Waals surface area contributed by atoms with Crippen molar-refractivity contribution in [1.82, 2.24) is 4.90 Å². The predicted molar refractivity (Wildman–Crippen MR) is 127 cm³/mol. The van der Waals surface area contributed by atoms with E-state index in [1.54, 1.807) is 0 Å². The summed E-state index contributed by atoms with van der Waals surface area (Å²) in [5.41, 5.74) is 11.2. The number of aliphatic hydroxyl groups excluding tert-OH is 2. The van der Waals surface area contributed by atoms with E-state index >= 15 is 0 Å². The Morgan fingerprint density at radius 2 is 1.88 bits per heavy atom. The number of benzene rings is 2. The highest BCUT2D eigenvalue weighted by Gasteiger charge is 2.22. The SMILES string of the molecule is CCCN(CCCO)C(O)C1=Cc2ccc(-c3ccc(CC(=O)O)cc3)cc2N=C(N)C1. The molecule has 0 saturated carbocycles. The quantitative estimate of drug-likeness (QED) is 0.424. The molecule has 0 spiro atoms. The predicted octanol–water partition coefficient (Wildman–Crippen LogP) is 3.17. The van der Waals surface area contributed by atoms with Gasteiger partial charge in [0.15, 0.2) is 0 Å². The first-order chi connectivity index (χ1) is 15.4. The number of carboxylic acids is 1. The molecule has 1 unspecified atom stereocenters. The number of carbonyl (C=O) groups is 1. The van der Waals surface area contributed by atoms with Crippen LogP contribution < -0.4 is 5.73 Å². The molecule has 0 amide bonds. The Morgan fingerprint density at radius 1 is 1.16 bits per heavy atom. The number of hydrogen-bond donors (Lipinski definition) is 4. The maximum atomic E-state index is 11.0. The summed E-state index contributed by atoms with van der Waals surface area (Å²) in [6.07, 6.45) is 3.01. The third kappa shape index (κ3) is 6.03. The largest absolute Gasteiger partial charge is 0.481 e. The van der Waals surface area contributed by atoms with Crippen molar-refractivity contribution in [3.8, 4) is 11.1 Å². The molecule has 0 bridgehead atoms. The molecule has 1 aliphatic heterocycles. The molecule has 7 nitrogen and oxygen atoms in total. The number of rotatable bonds is 10. The Kier molecular flexibility index (Phi) is 8.16. The van der Waals surface area contributed by atoms with Gasteiger partial charge in [0, 0.05) is 31.7 Å². The van der Waals surface area contributed by atoms with Gasteiger partial charge in [0.1, 0.15) is 12.1 Å². The smallest absolute Gasteiger partial charge is 0.307 e. The Morgan fingerprint density at radius 3 is 2.53 bits per heavy atom. The molecule has 0 fully saturated rings. The molecule has 3 rings (SSSR count). The van der Waals surface area contributed by atoms with Crippen LogP contribution >= 0.6 is 0 Å². The molecule has 170 valence electrons. The van der Waals surface area contributed by atoms with Gasteiger partial charge in [-0.3, -0.25) is 9.69 Å². The zero-order valence-corrected chi connectivity index (χ0v) is 18.4. The Labute approximate surface area is 188 Å². The van der Waals surface area contributed by atoms with E-state index in [4.69, 9.17) is 10.8 Å². The lowest BCUT2D eigenvalue weighted by molar-refractivity contribution is -0.136. The van der Waals surface area contributed by atoms with E-state index in [1.807, 2.05) is 53.4 Å². The first kappa shape index (κ1) is 23.7. The van der Waals surface area contributed by atoms with Crippen LogP contribution in [0.3, 0.4) is 0 Å². The molecule has 32 heavy (non-hydrogen) atoms. The number of amidine groups is 1. The van der Waals surface area contributed by atoms with Crippen molar-refractivity contribution in [1.29, 1.82) is 0 Å². The summed E-state index contributed by atoms with van der Waals surface area (Å²) in [6.45, 7) is 3.46. The number of nitrogens with two attached hydrogens (primary N) is 1. The lowest BCUT2D eigenvalue weighted by Gasteiger charge is -2.29. The van der Waals surface area contributed by atoms with Crippen LogP contribution in [0.15, 0.2) is 53.0 Å². The molecule has 0 radical (unpaired) electrons. The summed E-state index contributed by atoms with van der Waals surface area (Å²) in [5.74, 6) is -0.423. The van der Waals surface area contributed by atoms with E-state index in [0.29, 0.717) is 25.2 Å². The highest BCUT2D eigenvalue weighted by molar-refractivity contribution is 5.91. The van der Waals surface area contributed by atoms with E-state index in [9.17, 15) is 15.0 Å². The van der Waals surface area contributed by atoms with Crippen molar-refractivity contribution < 1.29 is 20.1 Å². The maximum absolute atomic E-state index is 11.0. The number of aliphatic hydroxyl groups is 2. The summed E-state index contributed by atoms with van der Waals surface area (Å²) in [7, 11) is 0. The lowest BCUT2D eigenvalue weighted by Crippen LogP contribution is -2.39. The van der Waals surface area contributed by atoms with Crippen molar-refractivity contribution >= 4 is 23.6 Å². The number of fused-ring (bicyclic) bond motifs is 1. The number of nitrogens with zero attached hydrogens (tertiary/aromatic N) is 2.